The highest BCUT2D eigenvalue weighted by Gasteiger charge is 2.23. The fraction of sp³-hybridized carbons (Fsp3) is 0.333. The van der Waals surface area contributed by atoms with Crippen LogP contribution in [0.15, 0.2) is 30.5 Å². The molecule has 112 valence electrons. The maximum absolute atomic E-state index is 12.3. The van der Waals surface area contributed by atoms with Gasteiger partial charge in [0.25, 0.3) is 5.91 Å². The third-order valence-electron chi connectivity index (χ3n) is 3.18. The van der Waals surface area contributed by atoms with E-state index in [0.29, 0.717) is 16.3 Å². The number of amides is 1. The molecule has 5 nitrogen and oxygen atoms in total. The van der Waals surface area contributed by atoms with E-state index in [-0.39, 0.29) is 12.5 Å². The third-order valence-corrected chi connectivity index (χ3v) is 3.50. The lowest BCUT2D eigenvalue weighted by molar-refractivity contribution is 0.0868. The summed E-state index contributed by atoms with van der Waals surface area (Å²) in [6.07, 6.45) is 1.50. The number of para-hydroxylation sites is 1. The number of carbonyl (C=O) groups is 1. The van der Waals surface area contributed by atoms with Crippen molar-refractivity contribution in [2.45, 2.75) is 26.3 Å². The number of carbonyl (C=O) groups excluding carboxylic acids is 1. The molecule has 2 aromatic rings. The molecule has 1 heterocycles. The largest absolute Gasteiger partial charge is 0.394 e. The lowest BCUT2D eigenvalue weighted by Crippen LogP contribution is -2.46. The molecule has 2 N–H and O–H groups in total. The number of nitrogens with zero attached hydrogens (tertiary/aromatic N) is 2. The van der Waals surface area contributed by atoms with E-state index in [9.17, 15) is 9.90 Å². The van der Waals surface area contributed by atoms with Gasteiger partial charge in [-0.15, -0.1) is 0 Å². The number of benzene rings is 1. The van der Waals surface area contributed by atoms with Gasteiger partial charge in [-0.1, -0.05) is 23.7 Å². The van der Waals surface area contributed by atoms with E-state index in [2.05, 4.69) is 10.4 Å². The van der Waals surface area contributed by atoms with Crippen molar-refractivity contribution in [2.24, 2.45) is 0 Å². The maximum Gasteiger partial charge on any atom is 0.255 e. The van der Waals surface area contributed by atoms with Gasteiger partial charge in [0.1, 0.15) is 0 Å². The van der Waals surface area contributed by atoms with Crippen LogP contribution >= 0.6 is 11.6 Å². The van der Waals surface area contributed by atoms with Crippen LogP contribution in [0.4, 0.5) is 0 Å². The van der Waals surface area contributed by atoms with Crippen LogP contribution in [0.1, 0.15) is 29.9 Å². The summed E-state index contributed by atoms with van der Waals surface area (Å²) in [5.74, 6) is -0.273. The Kier molecular flexibility index (Phi) is 4.34. The number of aliphatic hydroxyl groups is 1. The Bertz CT molecular complexity index is 665. The van der Waals surface area contributed by atoms with Crippen molar-refractivity contribution >= 4 is 17.5 Å². The van der Waals surface area contributed by atoms with Crippen LogP contribution in [-0.2, 0) is 0 Å². The van der Waals surface area contributed by atoms with Gasteiger partial charge in [0.05, 0.1) is 40.3 Å². The molecule has 1 aromatic heterocycles. The van der Waals surface area contributed by atoms with Crippen LogP contribution in [0.25, 0.3) is 5.69 Å². The molecule has 6 heteroatoms. The second-order valence-corrected chi connectivity index (χ2v) is 5.91. The van der Waals surface area contributed by atoms with Crippen LogP contribution in [0.3, 0.4) is 0 Å². The maximum atomic E-state index is 12.3. The summed E-state index contributed by atoms with van der Waals surface area (Å²) < 4.78 is 1.63. The lowest BCUT2D eigenvalue weighted by atomic mass is 10.1. The molecule has 21 heavy (non-hydrogen) atoms. The molecule has 0 saturated heterocycles. The highest BCUT2D eigenvalue weighted by atomic mass is 35.5. The van der Waals surface area contributed by atoms with Gasteiger partial charge in [-0.3, -0.25) is 4.79 Å². The van der Waals surface area contributed by atoms with E-state index < -0.39 is 5.54 Å². The van der Waals surface area contributed by atoms with Gasteiger partial charge >= 0.3 is 0 Å². The SMILES string of the molecule is Cc1c(C(=O)NC(C)(C)CO)cnn1-c1ccccc1Cl. The first-order valence-electron chi connectivity index (χ1n) is 6.58. The fourth-order valence-corrected chi connectivity index (χ4v) is 2.13. The standard InChI is InChI=1S/C15H18ClN3O2/c1-10-11(14(21)18-15(2,3)9-20)8-17-19(10)13-7-5-4-6-12(13)16/h4-8,20H,9H2,1-3H3,(H,18,21). The normalized spacial score (nSPS) is 11.5. The highest BCUT2D eigenvalue weighted by molar-refractivity contribution is 6.32. The molecular formula is C15H18ClN3O2. The summed E-state index contributed by atoms with van der Waals surface area (Å²) in [6.45, 7) is 5.16. The van der Waals surface area contributed by atoms with Crippen molar-refractivity contribution in [3.05, 3.63) is 46.7 Å². The second kappa shape index (κ2) is 5.87. The summed E-state index contributed by atoms with van der Waals surface area (Å²) in [6, 6.07) is 7.30. The number of aromatic nitrogens is 2. The third kappa shape index (κ3) is 3.25. The van der Waals surface area contributed by atoms with Crippen LogP contribution in [0.2, 0.25) is 5.02 Å². The van der Waals surface area contributed by atoms with Gasteiger partial charge < -0.3 is 10.4 Å². The van der Waals surface area contributed by atoms with Crippen molar-refractivity contribution in [3.8, 4) is 5.69 Å². The molecule has 0 unspecified atom stereocenters. The first-order chi connectivity index (χ1) is 9.85. The van der Waals surface area contributed by atoms with E-state index in [4.69, 9.17) is 11.6 Å². The smallest absolute Gasteiger partial charge is 0.255 e. The van der Waals surface area contributed by atoms with Crippen molar-refractivity contribution in [1.82, 2.24) is 15.1 Å². The van der Waals surface area contributed by atoms with Crippen molar-refractivity contribution in [3.63, 3.8) is 0 Å². The molecule has 0 saturated carbocycles. The number of rotatable bonds is 4. The van der Waals surface area contributed by atoms with Gasteiger partial charge in [0.2, 0.25) is 0 Å². The topological polar surface area (TPSA) is 67.2 Å². The quantitative estimate of drug-likeness (QED) is 0.911. The van der Waals surface area contributed by atoms with Crippen LogP contribution in [0.5, 0.6) is 0 Å². The molecule has 0 fully saturated rings. The zero-order valence-electron chi connectivity index (χ0n) is 12.2. The Morgan fingerprint density at radius 1 is 1.43 bits per heavy atom. The molecule has 1 aromatic carbocycles. The highest BCUT2D eigenvalue weighted by Crippen LogP contribution is 2.22. The summed E-state index contributed by atoms with van der Waals surface area (Å²) in [5.41, 5.74) is 1.18. The first kappa shape index (κ1) is 15.5. The molecule has 0 radical (unpaired) electrons. The van der Waals surface area contributed by atoms with Gasteiger partial charge in [-0.05, 0) is 32.9 Å². The molecule has 0 atom stereocenters. The van der Waals surface area contributed by atoms with Crippen LogP contribution < -0.4 is 5.32 Å². The minimum atomic E-state index is -0.685. The molecule has 0 bridgehead atoms. The monoisotopic (exact) mass is 307 g/mol. The average molecular weight is 308 g/mol. The molecular weight excluding hydrogens is 290 g/mol. The average Bonchev–Trinajstić information content (AvgIpc) is 2.81. The second-order valence-electron chi connectivity index (χ2n) is 5.50. The zero-order chi connectivity index (χ0) is 15.6. The van der Waals surface area contributed by atoms with Gasteiger partial charge in [-0.25, -0.2) is 4.68 Å². The zero-order valence-corrected chi connectivity index (χ0v) is 13.0. The molecule has 0 spiro atoms. The van der Waals surface area contributed by atoms with E-state index >= 15 is 0 Å². The Labute approximate surface area is 128 Å². The fourth-order valence-electron chi connectivity index (χ4n) is 1.91. The Morgan fingerprint density at radius 3 is 2.71 bits per heavy atom. The van der Waals surface area contributed by atoms with Crippen LogP contribution in [0, 0.1) is 6.92 Å². The van der Waals surface area contributed by atoms with Gasteiger partial charge in [-0.2, -0.15) is 5.10 Å². The van der Waals surface area contributed by atoms with Crippen molar-refractivity contribution in [1.29, 1.82) is 0 Å². The molecule has 0 aliphatic rings. The number of nitrogens with one attached hydrogen (secondary N) is 1. The number of halogens is 1. The minimum absolute atomic E-state index is 0.142. The lowest BCUT2D eigenvalue weighted by Gasteiger charge is -2.23. The summed E-state index contributed by atoms with van der Waals surface area (Å²) >= 11 is 6.15. The first-order valence-corrected chi connectivity index (χ1v) is 6.96. The van der Waals surface area contributed by atoms with E-state index in [1.165, 1.54) is 6.20 Å². The number of hydrogen-bond acceptors (Lipinski definition) is 3. The Morgan fingerprint density at radius 2 is 2.10 bits per heavy atom. The van der Waals surface area contributed by atoms with Gasteiger partial charge in [0.15, 0.2) is 0 Å². The number of aliphatic hydroxyl groups excluding tert-OH is 1. The Hall–Kier alpha value is -1.85. The molecule has 0 aliphatic heterocycles. The number of hydrogen-bond donors (Lipinski definition) is 2. The van der Waals surface area contributed by atoms with Crippen molar-refractivity contribution < 1.29 is 9.90 Å². The van der Waals surface area contributed by atoms with Crippen molar-refractivity contribution in [2.75, 3.05) is 6.61 Å². The van der Waals surface area contributed by atoms with E-state index in [0.717, 1.165) is 5.69 Å². The summed E-state index contributed by atoms with van der Waals surface area (Å²) in [5, 5.41) is 16.8. The Balaban J connectivity index is 2.34. The van der Waals surface area contributed by atoms with Gasteiger partial charge in [0, 0.05) is 0 Å². The molecule has 2 rings (SSSR count). The van der Waals surface area contributed by atoms with E-state index in [1.54, 1.807) is 31.5 Å². The summed E-state index contributed by atoms with van der Waals surface area (Å²) in [7, 11) is 0. The van der Waals surface area contributed by atoms with E-state index in [1.807, 2.05) is 18.2 Å². The summed E-state index contributed by atoms with van der Waals surface area (Å²) in [4.78, 5) is 12.3. The predicted octanol–water partition coefficient (Wildman–Crippen LogP) is 2.33. The molecule has 1 amide bonds. The van der Waals surface area contributed by atoms with Crippen LogP contribution in [-0.4, -0.2) is 32.9 Å². The predicted molar refractivity (Wildman–Crippen MR) is 81.9 cm³/mol. The minimum Gasteiger partial charge on any atom is -0.394 e. The molecule has 0 aliphatic carbocycles.